The van der Waals surface area contributed by atoms with Crippen molar-refractivity contribution < 1.29 is 19.5 Å². The fourth-order valence-corrected chi connectivity index (χ4v) is 4.09. The number of fused-ring (bicyclic) bond motifs is 1. The molecule has 3 aliphatic rings. The fraction of sp³-hybridized carbons (Fsp3) is 0.450. The first-order chi connectivity index (χ1) is 13.0. The SMILES string of the molecule is C#CC1CCN(c2ccc3c(c2)C(=O)N(C2CCC(=O)NC2O)C3=O)CC1. The highest BCUT2D eigenvalue weighted by Gasteiger charge is 2.44. The largest absolute Gasteiger partial charge is 0.372 e. The van der Waals surface area contributed by atoms with Gasteiger partial charge in [-0.2, -0.15) is 0 Å². The molecular weight excluding hydrogens is 346 g/mol. The van der Waals surface area contributed by atoms with Crippen molar-refractivity contribution in [3.05, 3.63) is 29.3 Å². The number of benzene rings is 1. The van der Waals surface area contributed by atoms with Crippen LogP contribution in [0, 0.1) is 18.3 Å². The fourth-order valence-electron chi connectivity index (χ4n) is 4.09. The van der Waals surface area contributed by atoms with E-state index < -0.39 is 24.1 Å². The van der Waals surface area contributed by atoms with Crippen LogP contribution in [0.25, 0.3) is 0 Å². The van der Waals surface area contributed by atoms with Crippen molar-refractivity contribution in [1.29, 1.82) is 0 Å². The Kier molecular flexibility index (Phi) is 4.36. The third-order valence-electron chi connectivity index (χ3n) is 5.67. The molecule has 0 spiro atoms. The summed E-state index contributed by atoms with van der Waals surface area (Å²) < 4.78 is 0. The Morgan fingerprint density at radius 2 is 1.78 bits per heavy atom. The van der Waals surface area contributed by atoms with E-state index in [1.165, 1.54) is 0 Å². The zero-order valence-electron chi connectivity index (χ0n) is 14.9. The molecule has 0 aliphatic carbocycles. The summed E-state index contributed by atoms with van der Waals surface area (Å²) in [5.41, 5.74) is 1.58. The van der Waals surface area contributed by atoms with Gasteiger partial charge < -0.3 is 15.3 Å². The molecule has 7 nitrogen and oxygen atoms in total. The van der Waals surface area contributed by atoms with E-state index in [0.29, 0.717) is 11.1 Å². The van der Waals surface area contributed by atoms with Gasteiger partial charge in [0.2, 0.25) is 5.91 Å². The van der Waals surface area contributed by atoms with Crippen LogP contribution in [0.5, 0.6) is 0 Å². The minimum Gasteiger partial charge on any atom is -0.372 e. The van der Waals surface area contributed by atoms with Gasteiger partial charge in [0.1, 0.15) is 6.23 Å². The molecule has 2 N–H and O–H groups in total. The molecule has 1 aromatic rings. The van der Waals surface area contributed by atoms with Crippen LogP contribution in [-0.4, -0.2) is 53.1 Å². The van der Waals surface area contributed by atoms with Crippen molar-refractivity contribution in [2.75, 3.05) is 18.0 Å². The minimum atomic E-state index is -1.24. The molecule has 2 atom stereocenters. The lowest BCUT2D eigenvalue weighted by molar-refractivity contribution is -0.129. The van der Waals surface area contributed by atoms with Gasteiger partial charge >= 0.3 is 0 Å². The van der Waals surface area contributed by atoms with Crippen LogP contribution in [0.2, 0.25) is 0 Å². The summed E-state index contributed by atoms with van der Waals surface area (Å²) in [5, 5.41) is 12.5. The summed E-state index contributed by atoms with van der Waals surface area (Å²) in [7, 11) is 0. The number of aliphatic hydroxyl groups is 1. The highest BCUT2D eigenvalue weighted by Crippen LogP contribution is 2.32. The van der Waals surface area contributed by atoms with E-state index in [-0.39, 0.29) is 24.7 Å². The first-order valence-electron chi connectivity index (χ1n) is 9.20. The van der Waals surface area contributed by atoms with Gasteiger partial charge in [0.25, 0.3) is 11.8 Å². The Hall–Kier alpha value is -2.85. The standard InChI is InChI=1S/C20H21N3O4/c1-2-12-7-9-22(10-8-12)13-3-4-14-15(11-13)20(27)23(19(14)26)16-5-6-17(24)21-18(16)25/h1,3-4,11-12,16,18,25H,5-10H2,(H,21,24). The summed E-state index contributed by atoms with van der Waals surface area (Å²) in [6.07, 6.45) is 6.49. The maximum Gasteiger partial charge on any atom is 0.262 e. The number of amides is 3. The number of hydrogen-bond acceptors (Lipinski definition) is 5. The molecule has 7 heteroatoms. The lowest BCUT2D eigenvalue weighted by atomic mass is 9.97. The minimum absolute atomic E-state index is 0.171. The number of anilines is 1. The summed E-state index contributed by atoms with van der Waals surface area (Å²) >= 11 is 0. The Bertz CT molecular complexity index is 851. The number of aliphatic hydroxyl groups excluding tert-OH is 1. The Morgan fingerprint density at radius 1 is 1.07 bits per heavy atom. The van der Waals surface area contributed by atoms with Crippen LogP contribution in [0.4, 0.5) is 5.69 Å². The van der Waals surface area contributed by atoms with Gasteiger partial charge in [-0.25, -0.2) is 0 Å². The van der Waals surface area contributed by atoms with Crippen molar-refractivity contribution >= 4 is 23.4 Å². The van der Waals surface area contributed by atoms with Crippen LogP contribution >= 0.6 is 0 Å². The van der Waals surface area contributed by atoms with E-state index in [9.17, 15) is 19.5 Å². The number of nitrogens with one attached hydrogen (secondary N) is 1. The van der Waals surface area contributed by atoms with Gasteiger partial charge in [0.15, 0.2) is 0 Å². The molecule has 27 heavy (non-hydrogen) atoms. The average Bonchev–Trinajstić information content (AvgIpc) is 2.92. The lowest BCUT2D eigenvalue weighted by Gasteiger charge is -2.33. The van der Waals surface area contributed by atoms with Crippen LogP contribution < -0.4 is 10.2 Å². The number of carbonyl (C=O) groups excluding carboxylic acids is 3. The summed E-state index contributed by atoms with van der Waals surface area (Å²) in [4.78, 5) is 40.3. The van der Waals surface area contributed by atoms with Crippen molar-refractivity contribution in [3.8, 4) is 12.3 Å². The van der Waals surface area contributed by atoms with E-state index in [2.05, 4.69) is 16.1 Å². The quantitative estimate of drug-likeness (QED) is 0.594. The topological polar surface area (TPSA) is 90.0 Å². The molecular formula is C20H21N3O4. The van der Waals surface area contributed by atoms with Gasteiger partial charge in [0.05, 0.1) is 17.2 Å². The summed E-state index contributed by atoms with van der Waals surface area (Å²) in [6, 6.07) is 4.53. The lowest BCUT2D eigenvalue weighted by Crippen LogP contribution is -2.57. The molecule has 0 radical (unpaired) electrons. The van der Waals surface area contributed by atoms with Gasteiger partial charge in [-0.3, -0.25) is 19.3 Å². The molecule has 2 saturated heterocycles. The van der Waals surface area contributed by atoms with Crippen molar-refractivity contribution in [3.63, 3.8) is 0 Å². The molecule has 3 heterocycles. The van der Waals surface area contributed by atoms with Crippen LogP contribution in [0.3, 0.4) is 0 Å². The molecule has 1 aromatic carbocycles. The number of rotatable bonds is 2. The van der Waals surface area contributed by atoms with Crippen LogP contribution in [0.1, 0.15) is 46.4 Å². The van der Waals surface area contributed by atoms with E-state index >= 15 is 0 Å². The third kappa shape index (κ3) is 2.96. The number of nitrogens with zero attached hydrogens (tertiary/aromatic N) is 2. The number of piperidine rings is 2. The summed E-state index contributed by atoms with van der Waals surface area (Å²) in [5.74, 6) is 1.96. The highest BCUT2D eigenvalue weighted by atomic mass is 16.3. The predicted molar refractivity (Wildman–Crippen MR) is 97.9 cm³/mol. The van der Waals surface area contributed by atoms with Crippen LogP contribution in [-0.2, 0) is 4.79 Å². The van der Waals surface area contributed by atoms with Crippen LogP contribution in [0.15, 0.2) is 18.2 Å². The van der Waals surface area contributed by atoms with Crippen molar-refractivity contribution in [2.24, 2.45) is 5.92 Å². The van der Waals surface area contributed by atoms with Crippen molar-refractivity contribution in [2.45, 2.75) is 38.0 Å². The normalized spacial score (nSPS) is 26.0. The first kappa shape index (κ1) is 17.6. The Balaban J connectivity index is 1.57. The molecule has 0 bridgehead atoms. The Morgan fingerprint density at radius 3 is 2.44 bits per heavy atom. The smallest absolute Gasteiger partial charge is 0.262 e. The number of terminal acetylenes is 1. The molecule has 0 aromatic heterocycles. The molecule has 2 unspecified atom stereocenters. The predicted octanol–water partition coefficient (Wildman–Crippen LogP) is 0.729. The zero-order chi connectivity index (χ0) is 19.1. The van der Waals surface area contributed by atoms with Gasteiger partial charge in [-0.15, -0.1) is 12.3 Å². The number of hydrogen-bond donors (Lipinski definition) is 2. The molecule has 4 rings (SSSR count). The molecule has 3 amide bonds. The molecule has 0 saturated carbocycles. The highest BCUT2D eigenvalue weighted by molar-refractivity contribution is 6.22. The van der Waals surface area contributed by atoms with Gasteiger partial charge in [-0.05, 0) is 37.5 Å². The van der Waals surface area contributed by atoms with E-state index in [0.717, 1.165) is 36.5 Å². The second-order valence-corrected chi connectivity index (χ2v) is 7.26. The molecule has 140 valence electrons. The second kappa shape index (κ2) is 6.71. The van der Waals surface area contributed by atoms with E-state index in [1.54, 1.807) is 12.1 Å². The number of imide groups is 1. The maximum absolute atomic E-state index is 12.9. The first-order valence-corrected chi connectivity index (χ1v) is 9.20. The average molecular weight is 367 g/mol. The Labute approximate surface area is 157 Å². The van der Waals surface area contributed by atoms with E-state index in [1.807, 2.05) is 6.07 Å². The third-order valence-corrected chi connectivity index (χ3v) is 5.67. The van der Waals surface area contributed by atoms with Gasteiger partial charge in [-0.1, -0.05) is 0 Å². The molecule has 2 fully saturated rings. The second-order valence-electron chi connectivity index (χ2n) is 7.26. The number of carbonyl (C=O) groups is 3. The monoisotopic (exact) mass is 367 g/mol. The summed E-state index contributed by atoms with van der Waals surface area (Å²) in [6.45, 7) is 1.62. The molecule has 3 aliphatic heterocycles. The van der Waals surface area contributed by atoms with E-state index in [4.69, 9.17) is 6.42 Å². The zero-order valence-corrected chi connectivity index (χ0v) is 14.9. The van der Waals surface area contributed by atoms with Crippen molar-refractivity contribution in [1.82, 2.24) is 10.2 Å². The van der Waals surface area contributed by atoms with Gasteiger partial charge in [0, 0.05) is 31.1 Å². The maximum atomic E-state index is 12.9.